The largest absolute Gasteiger partial charge is 0.487 e. The van der Waals surface area contributed by atoms with Crippen LogP contribution in [0.3, 0.4) is 0 Å². The second kappa shape index (κ2) is 5.94. The van der Waals surface area contributed by atoms with Gasteiger partial charge in [0.2, 0.25) is 0 Å². The number of aryl methyl sites for hydroxylation is 1. The SMILES string of the molecule is NC1CCCc2ccc(OCc3ccc(Br)cn3)cc21. The van der Waals surface area contributed by atoms with Crippen LogP contribution in [0.15, 0.2) is 41.0 Å². The van der Waals surface area contributed by atoms with E-state index in [0.29, 0.717) is 6.61 Å². The second-order valence-corrected chi connectivity index (χ2v) is 6.03. The molecule has 1 heterocycles. The molecule has 0 fully saturated rings. The van der Waals surface area contributed by atoms with Gasteiger partial charge in [-0.1, -0.05) is 6.07 Å². The van der Waals surface area contributed by atoms with E-state index in [2.05, 4.69) is 33.0 Å². The van der Waals surface area contributed by atoms with E-state index in [-0.39, 0.29) is 6.04 Å². The summed E-state index contributed by atoms with van der Waals surface area (Å²) in [6.07, 6.45) is 5.14. The molecule has 0 spiro atoms. The zero-order valence-electron chi connectivity index (χ0n) is 11.2. The van der Waals surface area contributed by atoms with Crippen molar-refractivity contribution < 1.29 is 4.74 Å². The monoisotopic (exact) mass is 332 g/mol. The number of nitrogens with two attached hydrogens (primary N) is 1. The van der Waals surface area contributed by atoms with Crippen LogP contribution in [-0.2, 0) is 13.0 Å². The first-order chi connectivity index (χ1) is 9.72. The number of nitrogens with zero attached hydrogens (tertiary/aromatic N) is 1. The van der Waals surface area contributed by atoms with E-state index in [9.17, 15) is 0 Å². The Morgan fingerprint density at radius 3 is 3.00 bits per heavy atom. The van der Waals surface area contributed by atoms with Gasteiger partial charge in [-0.05, 0) is 70.6 Å². The van der Waals surface area contributed by atoms with Gasteiger partial charge in [-0.2, -0.15) is 0 Å². The number of fused-ring (bicyclic) bond motifs is 1. The Morgan fingerprint density at radius 2 is 2.20 bits per heavy atom. The van der Waals surface area contributed by atoms with Crippen LogP contribution in [0.5, 0.6) is 5.75 Å². The molecule has 4 heteroatoms. The molecule has 20 heavy (non-hydrogen) atoms. The highest BCUT2D eigenvalue weighted by molar-refractivity contribution is 9.10. The maximum Gasteiger partial charge on any atom is 0.130 e. The molecule has 0 amide bonds. The first kappa shape index (κ1) is 13.6. The highest BCUT2D eigenvalue weighted by Gasteiger charge is 2.17. The van der Waals surface area contributed by atoms with E-state index in [4.69, 9.17) is 10.5 Å². The van der Waals surface area contributed by atoms with Crippen molar-refractivity contribution >= 4 is 15.9 Å². The van der Waals surface area contributed by atoms with Crippen LogP contribution in [0.25, 0.3) is 0 Å². The number of pyridine rings is 1. The van der Waals surface area contributed by atoms with E-state index in [0.717, 1.165) is 28.8 Å². The smallest absolute Gasteiger partial charge is 0.130 e. The van der Waals surface area contributed by atoms with Gasteiger partial charge in [-0.15, -0.1) is 0 Å². The van der Waals surface area contributed by atoms with E-state index >= 15 is 0 Å². The van der Waals surface area contributed by atoms with Crippen LogP contribution in [-0.4, -0.2) is 4.98 Å². The summed E-state index contributed by atoms with van der Waals surface area (Å²) in [5.41, 5.74) is 9.67. The third kappa shape index (κ3) is 3.02. The number of aromatic nitrogens is 1. The minimum atomic E-state index is 0.146. The number of hydrogen-bond acceptors (Lipinski definition) is 3. The Bertz CT molecular complexity index is 598. The lowest BCUT2D eigenvalue weighted by Gasteiger charge is -2.22. The molecule has 0 radical (unpaired) electrons. The van der Waals surface area contributed by atoms with Crippen molar-refractivity contribution in [2.45, 2.75) is 31.9 Å². The van der Waals surface area contributed by atoms with E-state index < -0.39 is 0 Å². The van der Waals surface area contributed by atoms with Crippen LogP contribution < -0.4 is 10.5 Å². The summed E-state index contributed by atoms with van der Waals surface area (Å²) < 4.78 is 6.79. The molecule has 1 aliphatic carbocycles. The van der Waals surface area contributed by atoms with Crippen LogP contribution >= 0.6 is 15.9 Å². The molecule has 0 bridgehead atoms. The van der Waals surface area contributed by atoms with Crippen LogP contribution in [0.4, 0.5) is 0 Å². The van der Waals surface area contributed by atoms with Crippen LogP contribution in [0, 0.1) is 0 Å². The van der Waals surface area contributed by atoms with Crippen molar-refractivity contribution in [1.82, 2.24) is 4.98 Å². The summed E-state index contributed by atoms with van der Waals surface area (Å²) in [7, 11) is 0. The molecular formula is C16H17BrN2O. The van der Waals surface area contributed by atoms with Gasteiger partial charge in [-0.25, -0.2) is 0 Å². The summed E-state index contributed by atoms with van der Waals surface area (Å²) in [4.78, 5) is 4.30. The molecule has 0 aliphatic heterocycles. The lowest BCUT2D eigenvalue weighted by molar-refractivity contribution is 0.300. The molecule has 1 aromatic carbocycles. The summed E-state index contributed by atoms with van der Waals surface area (Å²) >= 11 is 3.37. The van der Waals surface area contributed by atoms with Gasteiger partial charge in [0.25, 0.3) is 0 Å². The Hall–Kier alpha value is -1.39. The van der Waals surface area contributed by atoms with Crippen molar-refractivity contribution in [1.29, 1.82) is 0 Å². The van der Waals surface area contributed by atoms with Crippen molar-refractivity contribution in [2.24, 2.45) is 5.73 Å². The van der Waals surface area contributed by atoms with Crippen LogP contribution in [0.2, 0.25) is 0 Å². The standard InChI is InChI=1S/C16H17BrN2O/c17-12-5-6-13(19-9-12)10-20-14-7-4-11-2-1-3-16(18)15(11)8-14/h4-9,16H,1-3,10,18H2. The molecule has 2 N–H and O–H groups in total. The van der Waals surface area contributed by atoms with Crippen molar-refractivity contribution in [3.63, 3.8) is 0 Å². The molecule has 0 saturated heterocycles. The molecule has 3 nitrogen and oxygen atoms in total. The maximum atomic E-state index is 6.17. The quantitative estimate of drug-likeness (QED) is 0.930. The summed E-state index contributed by atoms with van der Waals surface area (Å²) in [6.45, 7) is 0.474. The number of benzene rings is 1. The van der Waals surface area contributed by atoms with Crippen LogP contribution in [0.1, 0.15) is 35.7 Å². The van der Waals surface area contributed by atoms with Crippen molar-refractivity contribution in [3.8, 4) is 5.75 Å². The molecule has 0 saturated carbocycles. The Morgan fingerprint density at radius 1 is 1.30 bits per heavy atom. The first-order valence-electron chi connectivity index (χ1n) is 6.84. The third-order valence-corrected chi connectivity index (χ3v) is 4.12. The Balaban J connectivity index is 1.72. The summed E-state index contributed by atoms with van der Waals surface area (Å²) in [5.74, 6) is 0.866. The molecule has 3 rings (SSSR count). The van der Waals surface area contributed by atoms with Gasteiger partial charge in [0, 0.05) is 16.7 Å². The normalized spacial score (nSPS) is 17.6. The first-order valence-corrected chi connectivity index (χ1v) is 7.63. The van der Waals surface area contributed by atoms with E-state index in [1.807, 2.05) is 18.2 Å². The average Bonchev–Trinajstić information content (AvgIpc) is 2.47. The molecule has 104 valence electrons. The fourth-order valence-electron chi connectivity index (χ4n) is 2.55. The lowest BCUT2D eigenvalue weighted by Crippen LogP contribution is -2.17. The number of hydrogen-bond donors (Lipinski definition) is 1. The Labute approximate surface area is 127 Å². The Kier molecular flexibility index (Phi) is 4.03. The van der Waals surface area contributed by atoms with Gasteiger partial charge < -0.3 is 10.5 Å². The highest BCUT2D eigenvalue weighted by Crippen LogP contribution is 2.31. The van der Waals surface area contributed by atoms with Gasteiger partial charge in [-0.3, -0.25) is 4.98 Å². The molecule has 1 aliphatic rings. The predicted molar refractivity (Wildman–Crippen MR) is 82.6 cm³/mol. The highest BCUT2D eigenvalue weighted by atomic mass is 79.9. The second-order valence-electron chi connectivity index (χ2n) is 5.12. The van der Waals surface area contributed by atoms with Gasteiger partial charge in [0.15, 0.2) is 0 Å². The zero-order chi connectivity index (χ0) is 13.9. The fraction of sp³-hybridized carbons (Fsp3) is 0.312. The lowest BCUT2D eigenvalue weighted by atomic mass is 9.88. The molecule has 1 atom stereocenters. The number of halogens is 1. The number of ether oxygens (including phenoxy) is 1. The molecule has 1 unspecified atom stereocenters. The summed E-state index contributed by atoms with van der Waals surface area (Å²) in [6, 6.07) is 10.3. The van der Waals surface area contributed by atoms with Crippen molar-refractivity contribution in [2.75, 3.05) is 0 Å². The third-order valence-electron chi connectivity index (χ3n) is 3.65. The minimum absolute atomic E-state index is 0.146. The van der Waals surface area contributed by atoms with Gasteiger partial charge in [0.05, 0.1) is 5.69 Å². The molecule has 2 aromatic rings. The topological polar surface area (TPSA) is 48.1 Å². The fourth-order valence-corrected chi connectivity index (χ4v) is 2.79. The van der Waals surface area contributed by atoms with Gasteiger partial charge >= 0.3 is 0 Å². The van der Waals surface area contributed by atoms with E-state index in [1.54, 1.807) is 6.20 Å². The maximum absolute atomic E-state index is 6.17. The zero-order valence-corrected chi connectivity index (χ0v) is 12.8. The molecule has 1 aromatic heterocycles. The average molecular weight is 333 g/mol. The minimum Gasteiger partial charge on any atom is -0.487 e. The molecular weight excluding hydrogens is 316 g/mol. The summed E-state index contributed by atoms with van der Waals surface area (Å²) in [5, 5.41) is 0. The van der Waals surface area contributed by atoms with Gasteiger partial charge in [0.1, 0.15) is 12.4 Å². The van der Waals surface area contributed by atoms with E-state index in [1.165, 1.54) is 17.5 Å². The number of rotatable bonds is 3. The van der Waals surface area contributed by atoms with Crippen molar-refractivity contribution in [3.05, 3.63) is 57.8 Å². The predicted octanol–water partition coefficient (Wildman–Crippen LogP) is 3.76.